The topological polar surface area (TPSA) is 20.2 Å². The third-order valence-electron chi connectivity index (χ3n) is 3.47. The normalized spacial score (nSPS) is 25.7. The van der Waals surface area contributed by atoms with Gasteiger partial charge in [-0.1, -0.05) is 31.2 Å². The second kappa shape index (κ2) is 4.80. The third kappa shape index (κ3) is 2.82. The Kier molecular flexibility index (Phi) is 3.42. The molecule has 1 aliphatic rings. The van der Waals surface area contributed by atoms with Gasteiger partial charge in [-0.2, -0.15) is 0 Å². The van der Waals surface area contributed by atoms with E-state index in [0.717, 1.165) is 25.7 Å². The molecule has 1 aromatic carbocycles. The van der Waals surface area contributed by atoms with Gasteiger partial charge in [-0.25, -0.2) is 0 Å². The maximum absolute atomic E-state index is 9.46. The summed E-state index contributed by atoms with van der Waals surface area (Å²) < 4.78 is 0. The van der Waals surface area contributed by atoms with Crippen molar-refractivity contribution in [2.45, 2.75) is 45.1 Å². The van der Waals surface area contributed by atoms with Crippen molar-refractivity contribution >= 4 is 0 Å². The summed E-state index contributed by atoms with van der Waals surface area (Å²) >= 11 is 0. The molecule has 15 heavy (non-hydrogen) atoms. The second-order valence-electron chi connectivity index (χ2n) is 4.71. The first-order chi connectivity index (χ1) is 7.28. The molecular weight excluding hydrogens is 184 g/mol. The molecule has 0 amide bonds. The van der Waals surface area contributed by atoms with Crippen LogP contribution in [-0.2, 0) is 12.8 Å². The summed E-state index contributed by atoms with van der Waals surface area (Å²) in [6, 6.07) is 8.93. The summed E-state index contributed by atoms with van der Waals surface area (Å²) in [6.07, 6.45) is 5.40. The summed E-state index contributed by atoms with van der Waals surface area (Å²) in [5, 5.41) is 9.46. The summed E-state index contributed by atoms with van der Waals surface area (Å²) in [4.78, 5) is 0. The van der Waals surface area contributed by atoms with E-state index in [1.54, 1.807) is 0 Å². The Bertz CT molecular complexity index is 302. The monoisotopic (exact) mass is 204 g/mol. The van der Waals surface area contributed by atoms with Gasteiger partial charge in [0.15, 0.2) is 0 Å². The van der Waals surface area contributed by atoms with E-state index >= 15 is 0 Å². The zero-order valence-electron chi connectivity index (χ0n) is 9.45. The molecule has 1 nitrogen and oxygen atoms in total. The first kappa shape index (κ1) is 10.7. The lowest BCUT2D eigenvalue weighted by molar-refractivity contribution is 0.177. The molecule has 2 atom stereocenters. The molecule has 1 heteroatoms. The van der Waals surface area contributed by atoms with Gasteiger partial charge in [0.25, 0.3) is 0 Å². The van der Waals surface area contributed by atoms with E-state index in [-0.39, 0.29) is 6.10 Å². The number of benzene rings is 1. The van der Waals surface area contributed by atoms with Crippen LogP contribution in [0.1, 0.15) is 37.3 Å². The summed E-state index contributed by atoms with van der Waals surface area (Å²) in [7, 11) is 0. The maximum Gasteiger partial charge on any atom is 0.0543 e. The Balaban J connectivity index is 1.93. The van der Waals surface area contributed by atoms with Crippen LogP contribution in [0, 0.1) is 5.92 Å². The highest BCUT2D eigenvalue weighted by Crippen LogP contribution is 2.28. The van der Waals surface area contributed by atoms with E-state index in [0.29, 0.717) is 5.92 Å². The van der Waals surface area contributed by atoms with Crippen molar-refractivity contribution < 1.29 is 5.11 Å². The van der Waals surface area contributed by atoms with Crippen LogP contribution < -0.4 is 0 Å². The van der Waals surface area contributed by atoms with E-state index in [4.69, 9.17) is 0 Å². The number of hydrogen-bond donors (Lipinski definition) is 1. The van der Waals surface area contributed by atoms with Crippen LogP contribution in [0.15, 0.2) is 24.3 Å². The predicted octanol–water partition coefficient (Wildman–Crippen LogP) is 2.95. The number of aliphatic hydroxyl groups excluding tert-OH is 1. The Labute approximate surface area is 92.1 Å². The Hall–Kier alpha value is -0.820. The van der Waals surface area contributed by atoms with Crippen molar-refractivity contribution in [3.8, 4) is 0 Å². The average Bonchev–Trinajstić information content (AvgIpc) is 2.65. The summed E-state index contributed by atoms with van der Waals surface area (Å²) in [5.74, 6) is 0.701. The molecule has 1 saturated carbocycles. The zero-order valence-corrected chi connectivity index (χ0v) is 9.45. The molecule has 1 aromatic rings. The van der Waals surface area contributed by atoms with Gasteiger partial charge in [0, 0.05) is 0 Å². The van der Waals surface area contributed by atoms with Crippen LogP contribution in [-0.4, -0.2) is 11.2 Å². The van der Waals surface area contributed by atoms with Crippen LogP contribution in [0.25, 0.3) is 0 Å². The second-order valence-corrected chi connectivity index (χ2v) is 4.71. The minimum atomic E-state index is -0.0371. The highest BCUT2D eigenvalue weighted by Gasteiger charge is 2.22. The highest BCUT2D eigenvalue weighted by atomic mass is 16.3. The van der Waals surface area contributed by atoms with E-state index in [1.807, 2.05) is 0 Å². The Morgan fingerprint density at radius 3 is 2.33 bits per heavy atom. The number of aliphatic hydroxyl groups is 1. The average molecular weight is 204 g/mol. The van der Waals surface area contributed by atoms with Crippen molar-refractivity contribution in [3.63, 3.8) is 0 Å². The molecule has 1 aliphatic carbocycles. The quantitative estimate of drug-likeness (QED) is 0.802. The molecule has 0 bridgehead atoms. The van der Waals surface area contributed by atoms with Crippen molar-refractivity contribution in [3.05, 3.63) is 35.4 Å². The standard InChI is InChI=1S/C14H20O/c1-2-11-3-5-12(6-4-11)9-13-7-8-14(15)10-13/h3-6,13-15H,2,7-10H2,1H3. The smallest absolute Gasteiger partial charge is 0.0543 e. The number of aryl methyl sites for hydroxylation is 1. The van der Waals surface area contributed by atoms with Gasteiger partial charge in [-0.05, 0) is 49.1 Å². The minimum Gasteiger partial charge on any atom is -0.393 e. The first-order valence-corrected chi connectivity index (χ1v) is 6.04. The highest BCUT2D eigenvalue weighted by molar-refractivity contribution is 5.22. The van der Waals surface area contributed by atoms with Gasteiger partial charge < -0.3 is 5.11 Å². The molecule has 0 saturated heterocycles. The van der Waals surface area contributed by atoms with Crippen molar-refractivity contribution in [2.24, 2.45) is 5.92 Å². The first-order valence-electron chi connectivity index (χ1n) is 6.04. The molecule has 0 radical (unpaired) electrons. The Morgan fingerprint density at radius 2 is 1.80 bits per heavy atom. The number of hydrogen-bond acceptors (Lipinski definition) is 1. The maximum atomic E-state index is 9.46. The largest absolute Gasteiger partial charge is 0.393 e. The number of rotatable bonds is 3. The SMILES string of the molecule is CCc1ccc(CC2CCC(O)C2)cc1. The fourth-order valence-corrected chi connectivity index (χ4v) is 2.48. The van der Waals surface area contributed by atoms with Gasteiger partial charge in [0.2, 0.25) is 0 Å². The molecule has 2 rings (SSSR count). The van der Waals surface area contributed by atoms with Crippen LogP contribution in [0.5, 0.6) is 0 Å². The van der Waals surface area contributed by atoms with Crippen molar-refractivity contribution in [1.82, 2.24) is 0 Å². The van der Waals surface area contributed by atoms with E-state index in [9.17, 15) is 5.11 Å². The lowest BCUT2D eigenvalue weighted by Crippen LogP contribution is -2.03. The summed E-state index contributed by atoms with van der Waals surface area (Å²) in [5.41, 5.74) is 2.83. The molecule has 2 unspecified atom stereocenters. The zero-order chi connectivity index (χ0) is 10.7. The van der Waals surface area contributed by atoms with Gasteiger partial charge in [0.05, 0.1) is 6.10 Å². The Morgan fingerprint density at radius 1 is 1.13 bits per heavy atom. The lowest BCUT2D eigenvalue weighted by atomic mass is 9.97. The van der Waals surface area contributed by atoms with Crippen LogP contribution in [0.3, 0.4) is 0 Å². The van der Waals surface area contributed by atoms with E-state index in [1.165, 1.54) is 17.5 Å². The van der Waals surface area contributed by atoms with Gasteiger partial charge >= 0.3 is 0 Å². The molecule has 1 N–H and O–H groups in total. The molecule has 82 valence electrons. The molecule has 0 aliphatic heterocycles. The van der Waals surface area contributed by atoms with Crippen LogP contribution >= 0.6 is 0 Å². The van der Waals surface area contributed by atoms with Crippen LogP contribution in [0.4, 0.5) is 0 Å². The van der Waals surface area contributed by atoms with Gasteiger partial charge in [-0.3, -0.25) is 0 Å². The van der Waals surface area contributed by atoms with Gasteiger partial charge in [-0.15, -0.1) is 0 Å². The predicted molar refractivity (Wildman–Crippen MR) is 62.9 cm³/mol. The minimum absolute atomic E-state index is 0.0371. The molecule has 0 spiro atoms. The summed E-state index contributed by atoms with van der Waals surface area (Å²) in [6.45, 7) is 2.18. The third-order valence-corrected chi connectivity index (χ3v) is 3.47. The lowest BCUT2D eigenvalue weighted by Gasteiger charge is -2.09. The van der Waals surface area contributed by atoms with Crippen LogP contribution in [0.2, 0.25) is 0 Å². The van der Waals surface area contributed by atoms with Crippen molar-refractivity contribution in [1.29, 1.82) is 0 Å². The van der Waals surface area contributed by atoms with Crippen molar-refractivity contribution in [2.75, 3.05) is 0 Å². The fourth-order valence-electron chi connectivity index (χ4n) is 2.48. The fraction of sp³-hybridized carbons (Fsp3) is 0.571. The molecule has 0 aromatic heterocycles. The van der Waals surface area contributed by atoms with E-state index in [2.05, 4.69) is 31.2 Å². The molecular formula is C14H20O. The van der Waals surface area contributed by atoms with Gasteiger partial charge in [0.1, 0.15) is 0 Å². The molecule has 1 fully saturated rings. The molecule has 0 heterocycles. The van der Waals surface area contributed by atoms with E-state index < -0.39 is 0 Å².